The van der Waals surface area contributed by atoms with Crippen molar-refractivity contribution in [1.82, 2.24) is 14.5 Å². The Balaban J connectivity index is 1.66. The van der Waals surface area contributed by atoms with Gasteiger partial charge in [0.05, 0.1) is 4.90 Å². The van der Waals surface area contributed by atoms with Gasteiger partial charge in [-0.05, 0) is 31.4 Å². The summed E-state index contributed by atoms with van der Waals surface area (Å²) in [7, 11) is -3.40. The van der Waals surface area contributed by atoms with Gasteiger partial charge >= 0.3 is 0 Å². The fraction of sp³-hybridized carbons (Fsp3) is 0.500. The SMILES string of the molecule is CCCc1nnc(C2CCN(S(=O)(=O)c3ccccc3)CC2)o1. The average Bonchev–Trinajstić information content (AvgIpc) is 3.05. The van der Waals surface area contributed by atoms with Gasteiger partial charge in [-0.2, -0.15) is 4.31 Å². The van der Waals surface area contributed by atoms with Gasteiger partial charge < -0.3 is 4.42 Å². The van der Waals surface area contributed by atoms with Crippen LogP contribution in [-0.4, -0.2) is 36.0 Å². The molecule has 0 bridgehead atoms. The fourth-order valence-corrected chi connectivity index (χ4v) is 4.32. The van der Waals surface area contributed by atoms with Crippen molar-refractivity contribution in [1.29, 1.82) is 0 Å². The number of nitrogens with zero attached hydrogens (tertiary/aromatic N) is 3. The lowest BCUT2D eigenvalue weighted by atomic mass is 9.98. The van der Waals surface area contributed by atoms with Crippen LogP contribution >= 0.6 is 0 Å². The third-order valence-electron chi connectivity index (χ3n) is 4.13. The van der Waals surface area contributed by atoms with E-state index in [4.69, 9.17) is 4.42 Å². The molecule has 1 saturated heterocycles. The molecular formula is C16H21N3O3S. The highest BCUT2D eigenvalue weighted by atomic mass is 32.2. The van der Waals surface area contributed by atoms with Crippen molar-refractivity contribution >= 4 is 10.0 Å². The summed E-state index contributed by atoms with van der Waals surface area (Å²) in [6, 6.07) is 8.57. The maximum absolute atomic E-state index is 12.6. The molecule has 7 heteroatoms. The number of benzene rings is 1. The molecule has 124 valence electrons. The lowest BCUT2D eigenvalue weighted by Gasteiger charge is -2.29. The molecule has 2 aromatic rings. The van der Waals surface area contributed by atoms with Crippen molar-refractivity contribution in [3.05, 3.63) is 42.1 Å². The highest BCUT2D eigenvalue weighted by Crippen LogP contribution is 2.30. The van der Waals surface area contributed by atoms with Crippen LogP contribution in [0.3, 0.4) is 0 Å². The van der Waals surface area contributed by atoms with Gasteiger partial charge in [0.15, 0.2) is 0 Å². The number of aromatic nitrogens is 2. The molecular weight excluding hydrogens is 314 g/mol. The minimum Gasteiger partial charge on any atom is -0.425 e. The van der Waals surface area contributed by atoms with Gasteiger partial charge in [-0.15, -0.1) is 10.2 Å². The largest absolute Gasteiger partial charge is 0.425 e. The van der Waals surface area contributed by atoms with Crippen molar-refractivity contribution in [2.45, 2.75) is 43.4 Å². The molecule has 1 aliphatic heterocycles. The van der Waals surface area contributed by atoms with Crippen LogP contribution in [0.1, 0.15) is 43.9 Å². The van der Waals surface area contributed by atoms with E-state index in [1.807, 2.05) is 6.07 Å². The summed E-state index contributed by atoms with van der Waals surface area (Å²) in [6.45, 7) is 3.03. The quantitative estimate of drug-likeness (QED) is 0.839. The summed E-state index contributed by atoms with van der Waals surface area (Å²) >= 11 is 0. The van der Waals surface area contributed by atoms with Gasteiger partial charge in [0, 0.05) is 25.4 Å². The molecule has 3 rings (SSSR count). The minimum absolute atomic E-state index is 0.148. The summed E-state index contributed by atoms with van der Waals surface area (Å²) in [5.74, 6) is 1.46. The predicted molar refractivity (Wildman–Crippen MR) is 85.5 cm³/mol. The molecule has 0 saturated carbocycles. The molecule has 1 aliphatic rings. The summed E-state index contributed by atoms with van der Waals surface area (Å²) in [5.41, 5.74) is 0. The smallest absolute Gasteiger partial charge is 0.243 e. The van der Waals surface area contributed by atoms with E-state index >= 15 is 0 Å². The van der Waals surface area contributed by atoms with E-state index in [-0.39, 0.29) is 5.92 Å². The monoisotopic (exact) mass is 335 g/mol. The first kappa shape index (κ1) is 16.1. The maximum atomic E-state index is 12.6. The Morgan fingerprint density at radius 3 is 2.52 bits per heavy atom. The Bertz CT molecular complexity index is 735. The Kier molecular flexibility index (Phi) is 4.77. The van der Waals surface area contributed by atoms with Gasteiger partial charge in [0.2, 0.25) is 21.8 Å². The molecule has 2 heterocycles. The molecule has 6 nitrogen and oxygen atoms in total. The van der Waals surface area contributed by atoms with Crippen LogP contribution in [0.2, 0.25) is 0 Å². The van der Waals surface area contributed by atoms with Crippen LogP contribution in [-0.2, 0) is 16.4 Å². The number of hydrogen-bond acceptors (Lipinski definition) is 5. The molecule has 23 heavy (non-hydrogen) atoms. The van der Waals surface area contributed by atoms with Crippen molar-refractivity contribution < 1.29 is 12.8 Å². The van der Waals surface area contributed by atoms with E-state index in [2.05, 4.69) is 17.1 Å². The Hall–Kier alpha value is -1.73. The highest BCUT2D eigenvalue weighted by Gasteiger charge is 2.31. The molecule has 1 aromatic heterocycles. The Morgan fingerprint density at radius 1 is 1.17 bits per heavy atom. The van der Waals surface area contributed by atoms with E-state index < -0.39 is 10.0 Å². The van der Waals surface area contributed by atoms with Crippen LogP contribution in [0, 0.1) is 0 Å². The third kappa shape index (κ3) is 3.45. The van der Waals surface area contributed by atoms with Crippen molar-refractivity contribution in [3.8, 4) is 0 Å². The number of hydrogen-bond donors (Lipinski definition) is 0. The molecule has 0 aliphatic carbocycles. The lowest BCUT2D eigenvalue weighted by Crippen LogP contribution is -2.37. The van der Waals surface area contributed by atoms with E-state index in [1.54, 1.807) is 28.6 Å². The van der Waals surface area contributed by atoms with Crippen molar-refractivity contribution in [2.75, 3.05) is 13.1 Å². The second-order valence-corrected chi connectivity index (χ2v) is 7.71. The first-order valence-corrected chi connectivity index (χ1v) is 9.42. The van der Waals surface area contributed by atoms with Crippen molar-refractivity contribution in [3.63, 3.8) is 0 Å². The van der Waals surface area contributed by atoms with Gasteiger partial charge in [0.25, 0.3) is 0 Å². The first-order valence-electron chi connectivity index (χ1n) is 7.98. The highest BCUT2D eigenvalue weighted by molar-refractivity contribution is 7.89. The average molecular weight is 335 g/mol. The standard InChI is InChI=1S/C16H21N3O3S/c1-2-6-15-17-18-16(22-15)13-9-11-19(12-10-13)23(20,21)14-7-4-3-5-8-14/h3-5,7-8,13H,2,6,9-12H2,1H3. The number of piperidine rings is 1. The molecule has 1 fully saturated rings. The van der Waals surface area contributed by atoms with E-state index in [0.29, 0.717) is 42.6 Å². The Labute approximate surface area is 136 Å². The minimum atomic E-state index is -3.40. The molecule has 0 amide bonds. The Morgan fingerprint density at radius 2 is 1.87 bits per heavy atom. The molecule has 0 N–H and O–H groups in total. The third-order valence-corrected chi connectivity index (χ3v) is 6.04. The molecule has 1 aromatic carbocycles. The lowest BCUT2D eigenvalue weighted by molar-refractivity contribution is 0.286. The molecule has 0 unspecified atom stereocenters. The van der Waals surface area contributed by atoms with Crippen LogP contribution < -0.4 is 0 Å². The number of aryl methyl sites for hydroxylation is 1. The van der Waals surface area contributed by atoms with Crippen LogP contribution in [0.4, 0.5) is 0 Å². The topological polar surface area (TPSA) is 76.3 Å². The molecule has 0 spiro atoms. The zero-order valence-electron chi connectivity index (χ0n) is 13.2. The zero-order valence-corrected chi connectivity index (χ0v) is 14.0. The fourth-order valence-electron chi connectivity index (χ4n) is 2.83. The second kappa shape index (κ2) is 6.80. The summed E-state index contributed by atoms with van der Waals surface area (Å²) < 4.78 is 32.4. The normalized spacial score (nSPS) is 17.4. The molecule has 0 radical (unpaired) electrons. The predicted octanol–water partition coefficient (Wildman–Crippen LogP) is 2.59. The van der Waals surface area contributed by atoms with Gasteiger partial charge in [-0.1, -0.05) is 25.1 Å². The summed E-state index contributed by atoms with van der Waals surface area (Å²) in [6.07, 6.45) is 3.17. The van der Waals surface area contributed by atoms with Crippen molar-refractivity contribution in [2.24, 2.45) is 0 Å². The van der Waals surface area contributed by atoms with Gasteiger partial charge in [-0.3, -0.25) is 0 Å². The van der Waals surface area contributed by atoms with E-state index in [9.17, 15) is 8.42 Å². The zero-order chi connectivity index (χ0) is 16.3. The van der Waals surface area contributed by atoms with E-state index in [0.717, 1.165) is 12.8 Å². The van der Waals surface area contributed by atoms with E-state index in [1.165, 1.54) is 0 Å². The first-order chi connectivity index (χ1) is 11.1. The second-order valence-electron chi connectivity index (χ2n) is 5.78. The van der Waals surface area contributed by atoms with Gasteiger partial charge in [-0.25, -0.2) is 8.42 Å². The van der Waals surface area contributed by atoms with Crippen LogP contribution in [0.25, 0.3) is 0 Å². The van der Waals surface area contributed by atoms with Gasteiger partial charge in [0.1, 0.15) is 0 Å². The molecule has 0 atom stereocenters. The van der Waals surface area contributed by atoms with Crippen LogP contribution in [0.15, 0.2) is 39.6 Å². The summed E-state index contributed by atoms with van der Waals surface area (Å²) in [4.78, 5) is 0.349. The number of rotatable bonds is 5. The summed E-state index contributed by atoms with van der Waals surface area (Å²) in [5, 5.41) is 8.17. The number of sulfonamides is 1. The maximum Gasteiger partial charge on any atom is 0.243 e. The van der Waals surface area contributed by atoms with Crippen LogP contribution in [0.5, 0.6) is 0 Å².